The van der Waals surface area contributed by atoms with E-state index in [1.165, 1.54) is 13.4 Å². The molecule has 0 saturated heterocycles. The number of hydrogen-bond donors (Lipinski definition) is 2. The number of anilines is 1. The Balaban J connectivity index is 2.09. The number of hydrogen-bond acceptors (Lipinski definition) is 5. The average Bonchev–Trinajstić information content (AvgIpc) is 2.82. The van der Waals surface area contributed by atoms with Gasteiger partial charge in [0.05, 0.1) is 20.0 Å². The monoisotopic (exact) mass is 249 g/mol. The lowest BCUT2D eigenvalue weighted by molar-refractivity contribution is 0.407. The summed E-state index contributed by atoms with van der Waals surface area (Å²) in [6.45, 7) is 2.65. The van der Waals surface area contributed by atoms with Gasteiger partial charge in [0.25, 0.3) is 5.56 Å². The quantitative estimate of drug-likeness (QED) is 0.805. The molecule has 0 aliphatic rings. The van der Waals surface area contributed by atoms with E-state index in [4.69, 9.17) is 4.74 Å². The van der Waals surface area contributed by atoms with Gasteiger partial charge in [0, 0.05) is 18.4 Å². The van der Waals surface area contributed by atoms with Gasteiger partial charge in [0.15, 0.2) is 5.82 Å². The molecule has 0 radical (unpaired) electrons. The van der Waals surface area contributed by atoms with Crippen molar-refractivity contribution in [2.24, 2.45) is 0 Å². The third kappa shape index (κ3) is 2.68. The molecule has 7 nitrogen and oxygen atoms in total. The SMILES string of the molecule is COc1c(NC(C)Cn2cccn2)nc[nH]c1=O. The highest BCUT2D eigenvalue weighted by Crippen LogP contribution is 2.15. The van der Waals surface area contributed by atoms with Crippen LogP contribution in [0, 0.1) is 0 Å². The predicted molar refractivity (Wildman–Crippen MR) is 66.7 cm³/mol. The van der Waals surface area contributed by atoms with Gasteiger partial charge in [-0.15, -0.1) is 0 Å². The summed E-state index contributed by atoms with van der Waals surface area (Å²) in [5.74, 6) is 0.616. The summed E-state index contributed by atoms with van der Waals surface area (Å²) in [7, 11) is 1.44. The molecular weight excluding hydrogens is 234 g/mol. The molecule has 0 aromatic carbocycles. The highest BCUT2D eigenvalue weighted by Gasteiger charge is 2.11. The molecule has 0 bridgehead atoms. The summed E-state index contributed by atoms with van der Waals surface area (Å²) in [4.78, 5) is 18.0. The maximum Gasteiger partial charge on any atom is 0.295 e. The van der Waals surface area contributed by atoms with Crippen LogP contribution in [-0.4, -0.2) is 32.9 Å². The first-order chi connectivity index (χ1) is 8.70. The fourth-order valence-corrected chi connectivity index (χ4v) is 1.65. The Morgan fingerprint density at radius 2 is 2.44 bits per heavy atom. The summed E-state index contributed by atoms with van der Waals surface area (Å²) >= 11 is 0. The topological polar surface area (TPSA) is 84.8 Å². The van der Waals surface area contributed by atoms with Crippen LogP contribution in [0.2, 0.25) is 0 Å². The van der Waals surface area contributed by atoms with Crippen molar-refractivity contribution in [1.82, 2.24) is 19.7 Å². The molecular formula is C11H15N5O2. The second-order valence-corrected chi connectivity index (χ2v) is 3.89. The number of rotatable bonds is 5. The van der Waals surface area contributed by atoms with Crippen LogP contribution in [0.4, 0.5) is 5.82 Å². The molecule has 2 heterocycles. The van der Waals surface area contributed by atoms with E-state index in [1.54, 1.807) is 10.9 Å². The third-order valence-electron chi connectivity index (χ3n) is 2.42. The van der Waals surface area contributed by atoms with Crippen LogP contribution < -0.4 is 15.6 Å². The van der Waals surface area contributed by atoms with Crippen LogP contribution >= 0.6 is 0 Å². The molecule has 0 amide bonds. The molecule has 1 atom stereocenters. The molecule has 2 aromatic heterocycles. The standard InChI is InChI=1S/C11H15N5O2/c1-8(6-16-5-3-4-14-16)15-10-9(18-2)11(17)13-7-12-10/h3-5,7-8H,6H2,1-2H3,(H2,12,13,15,17). The Bertz CT molecular complexity index is 549. The Morgan fingerprint density at radius 3 is 3.11 bits per heavy atom. The maximum atomic E-state index is 11.5. The first kappa shape index (κ1) is 12.2. The first-order valence-corrected chi connectivity index (χ1v) is 5.56. The van der Waals surface area contributed by atoms with Crippen LogP contribution in [0.25, 0.3) is 0 Å². The summed E-state index contributed by atoms with van der Waals surface area (Å²) in [6.07, 6.45) is 4.94. The van der Waals surface area contributed by atoms with Gasteiger partial charge in [0.1, 0.15) is 0 Å². The maximum absolute atomic E-state index is 11.5. The van der Waals surface area contributed by atoms with E-state index < -0.39 is 0 Å². The second-order valence-electron chi connectivity index (χ2n) is 3.89. The molecule has 2 rings (SSSR count). The van der Waals surface area contributed by atoms with Gasteiger partial charge >= 0.3 is 0 Å². The van der Waals surface area contributed by atoms with Gasteiger partial charge in [-0.2, -0.15) is 5.10 Å². The number of aromatic nitrogens is 4. The van der Waals surface area contributed by atoms with Crippen molar-refractivity contribution < 1.29 is 4.74 Å². The normalized spacial score (nSPS) is 12.1. The van der Waals surface area contributed by atoms with Crippen LogP contribution in [0.15, 0.2) is 29.6 Å². The van der Waals surface area contributed by atoms with Crippen molar-refractivity contribution in [3.8, 4) is 5.75 Å². The van der Waals surface area contributed by atoms with Crippen LogP contribution in [0.5, 0.6) is 5.75 Å². The van der Waals surface area contributed by atoms with Gasteiger partial charge < -0.3 is 15.0 Å². The van der Waals surface area contributed by atoms with E-state index in [-0.39, 0.29) is 17.4 Å². The van der Waals surface area contributed by atoms with Gasteiger partial charge in [-0.05, 0) is 13.0 Å². The number of methoxy groups -OCH3 is 1. The van der Waals surface area contributed by atoms with E-state index in [0.29, 0.717) is 12.4 Å². The summed E-state index contributed by atoms with van der Waals surface area (Å²) in [5.41, 5.74) is -0.304. The molecule has 1 unspecified atom stereocenters. The molecule has 0 saturated carbocycles. The zero-order valence-electron chi connectivity index (χ0n) is 10.3. The Morgan fingerprint density at radius 1 is 1.61 bits per heavy atom. The fourth-order valence-electron chi connectivity index (χ4n) is 1.65. The zero-order valence-corrected chi connectivity index (χ0v) is 10.3. The van der Waals surface area contributed by atoms with E-state index in [2.05, 4.69) is 20.4 Å². The predicted octanol–water partition coefficient (Wildman–Crippen LogP) is 0.476. The minimum absolute atomic E-state index is 0.0631. The third-order valence-corrected chi connectivity index (χ3v) is 2.42. The fraction of sp³-hybridized carbons (Fsp3) is 0.364. The number of nitrogens with zero attached hydrogens (tertiary/aromatic N) is 3. The smallest absolute Gasteiger partial charge is 0.295 e. The molecule has 0 fully saturated rings. The van der Waals surface area contributed by atoms with Gasteiger partial charge in [-0.3, -0.25) is 9.48 Å². The van der Waals surface area contributed by atoms with Crippen LogP contribution in [-0.2, 0) is 6.54 Å². The number of H-pyrrole nitrogens is 1. The summed E-state index contributed by atoms with van der Waals surface area (Å²) in [5, 5.41) is 7.24. The summed E-state index contributed by atoms with van der Waals surface area (Å²) < 4.78 is 6.82. The van der Waals surface area contributed by atoms with E-state index >= 15 is 0 Å². The molecule has 2 aromatic rings. The van der Waals surface area contributed by atoms with Crippen molar-refractivity contribution in [3.05, 3.63) is 35.1 Å². The molecule has 0 aliphatic carbocycles. The van der Waals surface area contributed by atoms with Gasteiger partial charge in [-0.25, -0.2) is 4.98 Å². The van der Waals surface area contributed by atoms with Crippen LogP contribution in [0.3, 0.4) is 0 Å². The highest BCUT2D eigenvalue weighted by atomic mass is 16.5. The molecule has 0 aliphatic heterocycles. The van der Waals surface area contributed by atoms with E-state index in [0.717, 1.165) is 0 Å². The Labute approximate surface area is 104 Å². The first-order valence-electron chi connectivity index (χ1n) is 5.56. The van der Waals surface area contributed by atoms with Crippen molar-refractivity contribution in [2.75, 3.05) is 12.4 Å². The van der Waals surface area contributed by atoms with E-state index in [1.807, 2.05) is 19.2 Å². The second kappa shape index (κ2) is 5.35. The van der Waals surface area contributed by atoms with Crippen molar-refractivity contribution in [2.45, 2.75) is 19.5 Å². The molecule has 7 heteroatoms. The number of nitrogens with one attached hydrogen (secondary N) is 2. The summed E-state index contributed by atoms with van der Waals surface area (Å²) in [6, 6.07) is 1.92. The van der Waals surface area contributed by atoms with Crippen LogP contribution in [0.1, 0.15) is 6.92 Å². The molecule has 2 N–H and O–H groups in total. The largest absolute Gasteiger partial charge is 0.489 e. The molecule has 0 spiro atoms. The van der Waals surface area contributed by atoms with Crippen molar-refractivity contribution >= 4 is 5.82 Å². The molecule has 18 heavy (non-hydrogen) atoms. The van der Waals surface area contributed by atoms with Gasteiger partial charge in [0.2, 0.25) is 5.75 Å². The lowest BCUT2D eigenvalue weighted by Crippen LogP contribution is -2.24. The zero-order chi connectivity index (χ0) is 13.0. The van der Waals surface area contributed by atoms with Gasteiger partial charge in [-0.1, -0.05) is 0 Å². The highest BCUT2D eigenvalue weighted by molar-refractivity contribution is 5.48. The van der Waals surface area contributed by atoms with Crippen molar-refractivity contribution in [1.29, 1.82) is 0 Å². The van der Waals surface area contributed by atoms with Crippen molar-refractivity contribution in [3.63, 3.8) is 0 Å². The Hall–Kier alpha value is -2.31. The lowest BCUT2D eigenvalue weighted by atomic mass is 10.3. The van der Waals surface area contributed by atoms with E-state index in [9.17, 15) is 4.79 Å². The molecule has 96 valence electrons. The average molecular weight is 249 g/mol. The minimum atomic E-state index is -0.304. The lowest BCUT2D eigenvalue weighted by Gasteiger charge is -2.15. The number of ether oxygens (including phenoxy) is 1. The Kier molecular flexibility index (Phi) is 3.61. The number of aromatic amines is 1. The minimum Gasteiger partial charge on any atom is -0.489 e.